The van der Waals surface area contributed by atoms with Crippen molar-refractivity contribution in [2.45, 2.75) is 26.3 Å². The molecule has 0 radical (unpaired) electrons. The van der Waals surface area contributed by atoms with E-state index in [1.165, 1.54) is 0 Å². The van der Waals surface area contributed by atoms with Gasteiger partial charge in [-0.25, -0.2) is 0 Å². The number of hydrogen-bond donors (Lipinski definition) is 2. The fraction of sp³-hybridized carbons (Fsp3) is 0.350. The predicted octanol–water partition coefficient (Wildman–Crippen LogP) is 3.38. The molecule has 134 valence electrons. The van der Waals surface area contributed by atoms with Gasteiger partial charge in [-0.2, -0.15) is 0 Å². The number of ether oxygens (including phenoxy) is 2. The summed E-state index contributed by atoms with van der Waals surface area (Å²) in [4.78, 5) is 12.2. The van der Waals surface area contributed by atoms with Crippen molar-refractivity contribution in [1.29, 1.82) is 0 Å². The maximum atomic E-state index is 12.2. The Kier molecular flexibility index (Phi) is 7.29. The van der Waals surface area contributed by atoms with Crippen LogP contribution in [-0.4, -0.2) is 26.7 Å². The van der Waals surface area contributed by atoms with Crippen LogP contribution in [0.2, 0.25) is 0 Å². The maximum absolute atomic E-state index is 12.2. The summed E-state index contributed by atoms with van der Waals surface area (Å²) < 4.78 is 10.5. The molecule has 25 heavy (non-hydrogen) atoms. The number of methoxy groups -OCH3 is 2. The summed E-state index contributed by atoms with van der Waals surface area (Å²) in [6, 6.07) is 13.6. The average molecular weight is 342 g/mol. The van der Waals surface area contributed by atoms with E-state index in [0.29, 0.717) is 12.8 Å². The second kappa shape index (κ2) is 9.69. The first-order valence-electron chi connectivity index (χ1n) is 8.46. The van der Waals surface area contributed by atoms with E-state index in [-0.39, 0.29) is 5.91 Å². The summed E-state index contributed by atoms with van der Waals surface area (Å²) in [6.45, 7) is 3.78. The van der Waals surface area contributed by atoms with Crippen LogP contribution < -0.4 is 20.1 Å². The lowest BCUT2D eigenvalue weighted by atomic mass is 10.1. The average Bonchev–Trinajstić information content (AvgIpc) is 2.64. The number of carbonyl (C=O) groups is 1. The number of nitrogens with one attached hydrogen (secondary N) is 2. The molecule has 2 rings (SSSR count). The van der Waals surface area contributed by atoms with Gasteiger partial charge in [-0.3, -0.25) is 4.79 Å². The summed E-state index contributed by atoms with van der Waals surface area (Å²) >= 11 is 0. The summed E-state index contributed by atoms with van der Waals surface area (Å²) in [7, 11) is 3.23. The molecule has 0 heterocycles. The van der Waals surface area contributed by atoms with Gasteiger partial charge in [0, 0.05) is 24.7 Å². The predicted molar refractivity (Wildman–Crippen MR) is 100 cm³/mol. The van der Waals surface area contributed by atoms with E-state index < -0.39 is 0 Å². The third-order valence-electron chi connectivity index (χ3n) is 3.84. The van der Waals surface area contributed by atoms with Gasteiger partial charge in [-0.1, -0.05) is 19.1 Å². The normalized spacial score (nSPS) is 10.4. The fourth-order valence-electron chi connectivity index (χ4n) is 2.52. The van der Waals surface area contributed by atoms with Crippen LogP contribution in [0.5, 0.6) is 11.5 Å². The van der Waals surface area contributed by atoms with Gasteiger partial charge in [0.05, 0.1) is 14.2 Å². The molecule has 0 fully saturated rings. The lowest BCUT2D eigenvalue weighted by Gasteiger charge is -2.10. The van der Waals surface area contributed by atoms with Gasteiger partial charge >= 0.3 is 0 Å². The Morgan fingerprint density at radius 2 is 1.72 bits per heavy atom. The zero-order chi connectivity index (χ0) is 18.1. The van der Waals surface area contributed by atoms with E-state index in [4.69, 9.17) is 9.47 Å². The Morgan fingerprint density at radius 1 is 1.00 bits per heavy atom. The SMILES string of the molecule is CCNCc1cccc(NC(=O)CCc2cc(OC)cc(OC)c2)c1. The van der Waals surface area contributed by atoms with Crippen LogP contribution in [0.25, 0.3) is 0 Å². The molecule has 0 saturated carbocycles. The summed E-state index contributed by atoms with van der Waals surface area (Å²) in [6.07, 6.45) is 1.02. The Labute approximate surface area is 149 Å². The van der Waals surface area contributed by atoms with Gasteiger partial charge in [0.2, 0.25) is 5.91 Å². The second-order valence-electron chi connectivity index (χ2n) is 5.75. The highest BCUT2D eigenvalue weighted by Gasteiger charge is 2.07. The topological polar surface area (TPSA) is 59.6 Å². The van der Waals surface area contributed by atoms with Crippen LogP contribution in [0.4, 0.5) is 5.69 Å². The highest BCUT2D eigenvalue weighted by Crippen LogP contribution is 2.23. The maximum Gasteiger partial charge on any atom is 0.224 e. The highest BCUT2D eigenvalue weighted by atomic mass is 16.5. The van der Waals surface area contributed by atoms with E-state index in [2.05, 4.69) is 17.6 Å². The van der Waals surface area contributed by atoms with Crippen molar-refractivity contribution in [3.05, 3.63) is 53.6 Å². The largest absolute Gasteiger partial charge is 0.497 e. The first-order chi connectivity index (χ1) is 12.1. The zero-order valence-corrected chi connectivity index (χ0v) is 15.1. The number of aryl methyl sites for hydroxylation is 1. The van der Waals surface area contributed by atoms with Crippen LogP contribution >= 0.6 is 0 Å². The molecule has 2 N–H and O–H groups in total. The van der Waals surface area contributed by atoms with Crippen LogP contribution in [0, 0.1) is 0 Å². The lowest BCUT2D eigenvalue weighted by molar-refractivity contribution is -0.116. The van der Waals surface area contributed by atoms with Crippen molar-refractivity contribution in [3.63, 3.8) is 0 Å². The van der Waals surface area contributed by atoms with E-state index in [0.717, 1.165) is 41.4 Å². The summed E-state index contributed by atoms with van der Waals surface area (Å²) in [5, 5.41) is 6.23. The number of benzene rings is 2. The van der Waals surface area contributed by atoms with Gasteiger partial charge in [0.25, 0.3) is 0 Å². The van der Waals surface area contributed by atoms with Gasteiger partial charge in [0.1, 0.15) is 11.5 Å². The molecule has 0 saturated heterocycles. The molecule has 0 aliphatic heterocycles. The number of carbonyl (C=O) groups excluding carboxylic acids is 1. The van der Waals surface area contributed by atoms with Crippen LogP contribution in [0.3, 0.4) is 0 Å². The van der Waals surface area contributed by atoms with Crippen LogP contribution in [-0.2, 0) is 17.8 Å². The molecular weight excluding hydrogens is 316 g/mol. The molecule has 0 aliphatic rings. The molecule has 0 aliphatic carbocycles. The number of amides is 1. The van der Waals surface area contributed by atoms with Crippen LogP contribution in [0.15, 0.2) is 42.5 Å². The van der Waals surface area contributed by atoms with E-state index in [9.17, 15) is 4.79 Å². The third kappa shape index (κ3) is 6.12. The smallest absolute Gasteiger partial charge is 0.224 e. The van der Waals surface area contributed by atoms with Crippen molar-refractivity contribution < 1.29 is 14.3 Å². The molecule has 5 nitrogen and oxygen atoms in total. The first kappa shape index (κ1) is 18.8. The standard InChI is InChI=1S/C20H26N2O3/c1-4-21-14-16-6-5-7-17(10-16)22-20(23)9-8-15-11-18(24-2)13-19(12-15)25-3/h5-7,10-13,21H,4,8-9,14H2,1-3H3,(H,22,23). The zero-order valence-electron chi connectivity index (χ0n) is 15.1. The van der Waals surface area contributed by atoms with Crippen molar-refractivity contribution in [1.82, 2.24) is 5.32 Å². The van der Waals surface area contributed by atoms with E-state index >= 15 is 0 Å². The Bertz CT molecular complexity index is 679. The summed E-state index contributed by atoms with van der Waals surface area (Å²) in [5.41, 5.74) is 2.98. The molecule has 0 spiro atoms. The van der Waals surface area contributed by atoms with Crippen molar-refractivity contribution in [2.75, 3.05) is 26.1 Å². The minimum Gasteiger partial charge on any atom is -0.497 e. The summed E-state index contributed by atoms with van der Waals surface area (Å²) in [5.74, 6) is 1.44. The fourth-order valence-corrected chi connectivity index (χ4v) is 2.52. The van der Waals surface area contributed by atoms with Crippen molar-refractivity contribution in [2.24, 2.45) is 0 Å². The van der Waals surface area contributed by atoms with Gasteiger partial charge in [-0.15, -0.1) is 0 Å². The molecule has 0 aromatic heterocycles. The number of rotatable bonds is 9. The molecule has 0 unspecified atom stereocenters. The quantitative estimate of drug-likeness (QED) is 0.733. The number of anilines is 1. The van der Waals surface area contributed by atoms with E-state index in [1.54, 1.807) is 14.2 Å². The van der Waals surface area contributed by atoms with Gasteiger partial charge < -0.3 is 20.1 Å². The minimum absolute atomic E-state index is 0.0117. The molecule has 0 bridgehead atoms. The third-order valence-corrected chi connectivity index (χ3v) is 3.84. The second-order valence-corrected chi connectivity index (χ2v) is 5.75. The molecule has 5 heteroatoms. The number of hydrogen-bond acceptors (Lipinski definition) is 4. The first-order valence-corrected chi connectivity index (χ1v) is 8.46. The molecule has 2 aromatic carbocycles. The van der Waals surface area contributed by atoms with Crippen LogP contribution in [0.1, 0.15) is 24.5 Å². The van der Waals surface area contributed by atoms with Crippen molar-refractivity contribution >= 4 is 11.6 Å². The lowest BCUT2D eigenvalue weighted by Crippen LogP contribution is -2.14. The highest BCUT2D eigenvalue weighted by molar-refractivity contribution is 5.90. The van der Waals surface area contributed by atoms with Crippen molar-refractivity contribution in [3.8, 4) is 11.5 Å². The Morgan fingerprint density at radius 3 is 2.36 bits per heavy atom. The minimum atomic E-state index is -0.0117. The molecule has 1 amide bonds. The van der Waals surface area contributed by atoms with Gasteiger partial charge in [0.15, 0.2) is 0 Å². The molecule has 2 aromatic rings. The Balaban J connectivity index is 1.92. The molecular formula is C20H26N2O3. The Hall–Kier alpha value is -2.53. The monoisotopic (exact) mass is 342 g/mol. The van der Waals surface area contributed by atoms with E-state index in [1.807, 2.05) is 42.5 Å². The molecule has 0 atom stereocenters. The van der Waals surface area contributed by atoms with Gasteiger partial charge in [-0.05, 0) is 48.4 Å².